The maximum absolute atomic E-state index is 12.2. The number of hydrogen-bond donors (Lipinski definition) is 1. The molecule has 0 fully saturated rings. The van der Waals surface area contributed by atoms with E-state index in [1.165, 1.54) is 0 Å². The van der Waals surface area contributed by atoms with Crippen molar-refractivity contribution in [2.75, 3.05) is 19.0 Å². The zero-order valence-corrected chi connectivity index (χ0v) is 19.4. The van der Waals surface area contributed by atoms with Crippen LogP contribution in [0.1, 0.15) is 11.1 Å². The van der Waals surface area contributed by atoms with Gasteiger partial charge in [0.25, 0.3) is 5.91 Å². The van der Waals surface area contributed by atoms with Crippen molar-refractivity contribution >= 4 is 23.5 Å². The number of para-hydroxylation sites is 2. The Balaban J connectivity index is 1.24. The second-order valence-electron chi connectivity index (χ2n) is 7.63. The number of carbonyl (C=O) groups excluding carboxylic acids is 1. The normalized spacial score (nSPS) is 10.7. The predicted octanol–water partition coefficient (Wildman–Crippen LogP) is 6.04. The van der Waals surface area contributed by atoms with Gasteiger partial charge in [0, 0.05) is 6.21 Å². The molecule has 4 rings (SSSR count). The topological polar surface area (TPSA) is 69.2 Å². The predicted molar refractivity (Wildman–Crippen MR) is 138 cm³/mol. The fraction of sp³-hybridized carbons (Fsp3) is 0.103. The van der Waals surface area contributed by atoms with Crippen molar-refractivity contribution in [2.24, 2.45) is 4.99 Å². The van der Waals surface area contributed by atoms with Crippen LogP contribution in [0.15, 0.2) is 108 Å². The van der Waals surface area contributed by atoms with Gasteiger partial charge in [0.2, 0.25) is 0 Å². The van der Waals surface area contributed by atoms with E-state index in [1.807, 2.05) is 78.9 Å². The number of nitrogens with one attached hydrogen (secondary N) is 1. The SMILES string of the molecule is COc1ccccc1NC(=O)COc1ccc(C=Nc2ccc(OCc3ccccc3)cc2)cc1. The van der Waals surface area contributed by atoms with E-state index in [1.54, 1.807) is 37.6 Å². The van der Waals surface area contributed by atoms with Crippen LogP contribution in [0.4, 0.5) is 11.4 Å². The summed E-state index contributed by atoms with van der Waals surface area (Å²) in [6, 6.07) is 32.3. The molecule has 0 aromatic heterocycles. The van der Waals surface area contributed by atoms with Crippen molar-refractivity contribution in [1.29, 1.82) is 0 Å². The number of ether oxygens (including phenoxy) is 3. The molecule has 0 spiro atoms. The lowest BCUT2D eigenvalue weighted by molar-refractivity contribution is -0.118. The van der Waals surface area contributed by atoms with Crippen molar-refractivity contribution in [3.8, 4) is 17.2 Å². The van der Waals surface area contributed by atoms with Crippen molar-refractivity contribution in [2.45, 2.75) is 6.61 Å². The molecule has 6 nitrogen and oxygen atoms in total. The number of anilines is 1. The van der Waals surface area contributed by atoms with Crippen molar-refractivity contribution in [3.05, 3.63) is 114 Å². The minimum atomic E-state index is -0.267. The number of methoxy groups -OCH3 is 1. The molecule has 0 aliphatic rings. The van der Waals surface area contributed by atoms with Gasteiger partial charge in [0.1, 0.15) is 23.9 Å². The van der Waals surface area contributed by atoms with Crippen LogP contribution in [0.2, 0.25) is 0 Å². The molecule has 0 heterocycles. The summed E-state index contributed by atoms with van der Waals surface area (Å²) >= 11 is 0. The number of hydrogen-bond acceptors (Lipinski definition) is 5. The van der Waals surface area contributed by atoms with Crippen LogP contribution in [0.5, 0.6) is 17.2 Å². The highest BCUT2D eigenvalue weighted by molar-refractivity contribution is 5.93. The summed E-state index contributed by atoms with van der Waals surface area (Å²) < 4.78 is 16.6. The maximum atomic E-state index is 12.2. The van der Waals surface area contributed by atoms with Gasteiger partial charge < -0.3 is 19.5 Å². The van der Waals surface area contributed by atoms with E-state index in [0.29, 0.717) is 23.8 Å². The first-order valence-electron chi connectivity index (χ1n) is 11.2. The van der Waals surface area contributed by atoms with Gasteiger partial charge in [-0.25, -0.2) is 0 Å². The van der Waals surface area contributed by atoms with Gasteiger partial charge >= 0.3 is 0 Å². The van der Waals surface area contributed by atoms with E-state index in [-0.39, 0.29) is 12.5 Å². The fourth-order valence-electron chi connectivity index (χ4n) is 3.25. The second-order valence-corrected chi connectivity index (χ2v) is 7.63. The van der Waals surface area contributed by atoms with Gasteiger partial charge in [-0.15, -0.1) is 0 Å². The Bertz CT molecular complexity index is 1250. The molecule has 0 unspecified atom stereocenters. The Kier molecular flexibility index (Phi) is 8.11. The van der Waals surface area contributed by atoms with Crippen LogP contribution in [0.25, 0.3) is 0 Å². The van der Waals surface area contributed by atoms with E-state index >= 15 is 0 Å². The smallest absolute Gasteiger partial charge is 0.262 e. The summed E-state index contributed by atoms with van der Waals surface area (Å²) in [6.45, 7) is 0.421. The Morgan fingerprint density at radius 1 is 0.800 bits per heavy atom. The van der Waals surface area contributed by atoms with Gasteiger partial charge in [-0.2, -0.15) is 0 Å². The largest absolute Gasteiger partial charge is 0.495 e. The Labute approximate surface area is 204 Å². The average Bonchev–Trinajstić information content (AvgIpc) is 2.91. The molecule has 0 saturated heterocycles. The quantitative estimate of drug-likeness (QED) is 0.289. The number of rotatable bonds is 10. The average molecular weight is 467 g/mol. The van der Waals surface area contributed by atoms with E-state index in [9.17, 15) is 4.79 Å². The second kappa shape index (κ2) is 12.0. The summed E-state index contributed by atoms with van der Waals surface area (Å²) in [5, 5.41) is 2.78. The van der Waals surface area contributed by atoms with Gasteiger partial charge in [0.15, 0.2) is 6.61 Å². The van der Waals surface area contributed by atoms with Crippen LogP contribution in [-0.4, -0.2) is 25.8 Å². The van der Waals surface area contributed by atoms with E-state index in [2.05, 4.69) is 10.3 Å². The van der Waals surface area contributed by atoms with Gasteiger partial charge in [0.05, 0.1) is 18.5 Å². The Hall–Kier alpha value is -4.58. The van der Waals surface area contributed by atoms with E-state index in [0.717, 1.165) is 22.6 Å². The molecular formula is C29H26N2O4. The molecule has 0 saturated carbocycles. The van der Waals surface area contributed by atoms with Gasteiger partial charge in [-0.05, 0) is 71.8 Å². The van der Waals surface area contributed by atoms with Gasteiger partial charge in [-0.3, -0.25) is 9.79 Å². The molecule has 35 heavy (non-hydrogen) atoms. The lowest BCUT2D eigenvalue weighted by Gasteiger charge is -2.10. The molecule has 1 amide bonds. The van der Waals surface area contributed by atoms with Crippen molar-refractivity contribution in [1.82, 2.24) is 0 Å². The number of aliphatic imine (C=N–C) groups is 1. The summed E-state index contributed by atoms with van der Waals surface area (Å²) in [4.78, 5) is 16.7. The highest BCUT2D eigenvalue weighted by Gasteiger charge is 2.07. The highest BCUT2D eigenvalue weighted by Crippen LogP contribution is 2.23. The lowest BCUT2D eigenvalue weighted by Crippen LogP contribution is -2.20. The molecular weight excluding hydrogens is 440 g/mol. The first kappa shape index (κ1) is 23.6. The molecule has 0 atom stereocenters. The Morgan fingerprint density at radius 2 is 1.46 bits per heavy atom. The molecule has 0 bridgehead atoms. The monoisotopic (exact) mass is 466 g/mol. The zero-order valence-electron chi connectivity index (χ0n) is 19.4. The van der Waals surface area contributed by atoms with Crippen LogP contribution < -0.4 is 19.5 Å². The highest BCUT2D eigenvalue weighted by atomic mass is 16.5. The fourth-order valence-corrected chi connectivity index (χ4v) is 3.25. The first-order chi connectivity index (χ1) is 17.2. The third kappa shape index (κ3) is 7.20. The molecule has 4 aromatic rings. The van der Waals surface area contributed by atoms with E-state index in [4.69, 9.17) is 14.2 Å². The third-order valence-electron chi connectivity index (χ3n) is 5.08. The number of amides is 1. The Morgan fingerprint density at radius 3 is 2.20 bits per heavy atom. The minimum absolute atomic E-state index is 0.107. The van der Waals surface area contributed by atoms with Gasteiger partial charge in [-0.1, -0.05) is 42.5 Å². The zero-order chi connectivity index (χ0) is 24.3. The van der Waals surface area contributed by atoms with Crippen molar-refractivity contribution in [3.63, 3.8) is 0 Å². The molecule has 6 heteroatoms. The minimum Gasteiger partial charge on any atom is -0.495 e. The molecule has 176 valence electrons. The molecule has 0 radical (unpaired) electrons. The summed E-state index contributed by atoms with van der Waals surface area (Å²) in [5.41, 5.74) is 3.47. The number of carbonyl (C=O) groups is 1. The van der Waals surface area contributed by atoms with Crippen LogP contribution in [0.3, 0.4) is 0 Å². The lowest BCUT2D eigenvalue weighted by atomic mass is 10.2. The molecule has 0 aliphatic heterocycles. The third-order valence-corrected chi connectivity index (χ3v) is 5.08. The van der Waals surface area contributed by atoms with Crippen molar-refractivity contribution < 1.29 is 19.0 Å². The molecule has 4 aromatic carbocycles. The van der Waals surface area contributed by atoms with Crippen LogP contribution in [0, 0.1) is 0 Å². The summed E-state index contributed by atoms with van der Waals surface area (Å²) in [7, 11) is 1.56. The molecule has 1 N–H and O–H groups in total. The number of nitrogens with zero attached hydrogens (tertiary/aromatic N) is 1. The first-order valence-corrected chi connectivity index (χ1v) is 11.2. The maximum Gasteiger partial charge on any atom is 0.262 e. The molecule has 0 aliphatic carbocycles. The van der Waals surface area contributed by atoms with Crippen LogP contribution in [-0.2, 0) is 11.4 Å². The van der Waals surface area contributed by atoms with E-state index < -0.39 is 0 Å². The summed E-state index contributed by atoms with van der Waals surface area (Å²) in [5.74, 6) is 1.72. The summed E-state index contributed by atoms with van der Waals surface area (Å²) in [6.07, 6.45) is 1.78. The number of benzene rings is 4. The van der Waals surface area contributed by atoms with Crippen LogP contribution >= 0.6 is 0 Å². The standard InChI is InChI=1S/C29H26N2O4/c1-33-28-10-6-5-9-27(28)31-29(32)21-35-25-15-11-22(12-16-25)19-30-24-13-17-26(18-14-24)34-20-23-7-3-2-4-8-23/h2-19H,20-21H2,1H3,(H,31,32).